The van der Waals surface area contributed by atoms with Crippen LogP contribution in [0, 0.1) is 6.92 Å². The van der Waals surface area contributed by atoms with Gasteiger partial charge in [0.2, 0.25) is 0 Å². The molecule has 22 heavy (non-hydrogen) atoms. The lowest BCUT2D eigenvalue weighted by Crippen LogP contribution is -2.33. The van der Waals surface area contributed by atoms with Crippen molar-refractivity contribution in [3.63, 3.8) is 0 Å². The molecule has 2 aromatic carbocycles. The van der Waals surface area contributed by atoms with E-state index in [4.69, 9.17) is 16.3 Å². The van der Waals surface area contributed by atoms with Gasteiger partial charge in [0.15, 0.2) is 6.10 Å². The zero-order valence-corrected chi connectivity index (χ0v) is 13.2. The summed E-state index contributed by atoms with van der Waals surface area (Å²) >= 11 is 5.79. The van der Waals surface area contributed by atoms with Crippen molar-refractivity contribution >= 4 is 23.7 Å². The van der Waals surface area contributed by atoms with Gasteiger partial charge in [0.25, 0.3) is 5.91 Å². The Morgan fingerprint density at radius 1 is 1.18 bits per heavy atom. The molecule has 0 aromatic heterocycles. The monoisotopic (exact) mass is 316 g/mol. The van der Waals surface area contributed by atoms with Gasteiger partial charge in [0, 0.05) is 5.02 Å². The second-order valence-corrected chi connectivity index (χ2v) is 5.30. The lowest BCUT2D eigenvalue weighted by atomic mass is 10.2. The van der Waals surface area contributed by atoms with Gasteiger partial charge in [0.1, 0.15) is 5.75 Å². The molecule has 0 aliphatic rings. The smallest absolute Gasteiger partial charge is 0.280 e. The van der Waals surface area contributed by atoms with Gasteiger partial charge in [-0.2, -0.15) is 5.10 Å². The summed E-state index contributed by atoms with van der Waals surface area (Å²) in [5, 5.41) is 4.54. The van der Waals surface area contributed by atoms with E-state index < -0.39 is 6.10 Å². The number of hydrogen-bond acceptors (Lipinski definition) is 3. The van der Waals surface area contributed by atoms with Crippen LogP contribution >= 0.6 is 11.6 Å². The third-order valence-corrected chi connectivity index (χ3v) is 3.21. The summed E-state index contributed by atoms with van der Waals surface area (Å²) in [6.07, 6.45) is 0.933. The Hall–Kier alpha value is -2.33. The van der Waals surface area contributed by atoms with Crippen molar-refractivity contribution in [3.05, 3.63) is 64.7 Å². The number of rotatable bonds is 5. The maximum absolute atomic E-state index is 11.9. The molecule has 2 rings (SSSR count). The number of aryl methyl sites for hydroxylation is 1. The van der Waals surface area contributed by atoms with Gasteiger partial charge < -0.3 is 4.74 Å². The lowest BCUT2D eigenvalue weighted by molar-refractivity contribution is -0.127. The molecule has 0 aliphatic carbocycles. The van der Waals surface area contributed by atoms with Gasteiger partial charge in [-0.3, -0.25) is 4.79 Å². The van der Waals surface area contributed by atoms with Crippen molar-refractivity contribution in [2.24, 2.45) is 5.10 Å². The van der Waals surface area contributed by atoms with E-state index in [-0.39, 0.29) is 5.91 Å². The fourth-order valence-corrected chi connectivity index (χ4v) is 1.81. The van der Waals surface area contributed by atoms with Crippen LogP contribution in [0.25, 0.3) is 0 Å². The lowest BCUT2D eigenvalue weighted by Gasteiger charge is -2.12. The first-order valence-corrected chi connectivity index (χ1v) is 7.24. The molecule has 0 saturated heterocycles. The summed E-state index contributed by atoms with van der Waals surface area (Å²) in [4.78, 5) is 11.9. The van der Waals surface area contributed by atoms with Crippen molar-refractivity contribution in [3.8, 4) is 5.75 Å². The minimum Gasteiger partial charge on any atom is -0.481 e. The summed E-state index contributed by atoms with van der Waals surface area (Å²) in [5.41, 5.74) is 4.54. The van der Waals surface area contributed by atoms with Crippen LogP contribution < -0.4 is 10.2 Å². The summed E-state index contributed by atoms with van der Waals surface area (Å²) in [6.45, 7) is 3.67. The first-order chi connectivity index (χ1) is 10.5. The maximum Gasteiger partial charge on any atom is 0.280 e. The molecule has 0 bridgehead atoms. The summed E-state index contributed by atoms with van der Waals surface area (Å²) in [5.74, 6) is 0.257. The first kappa shape index (κ1) is 16.0. The Bertz CT molecular complexity index is 651. The number of hydrogen-bond donors (Lipinski definition) is 1. The molecule has 0 heterocycles. The molecule has 0 unspecified atom stereocenters. The van der Waals surface area contributed by atoms with Gasteiger partial charge in [-0.25, -0.2) is 5.43 Å². The first-order valence-electron chi connectivity index (χ1n) is 6.86. The normalized spacial score (nSPS) is 12.1. The van der Waals surface area contributed by atoms with E-state index in [1.54, 1.807) is 37.4 Å². The number of nitrogens with one attached hydrogen (secondary N) is 1. The van der Waals surface area contributed by atoms with Crippen molar-refractivity contribution in [2.45, 2.75) is 20.0 Å². The molecule has 4 nitrogen and oxygen atoms in total. The Morgan fingerprint density at radius 3 is 2.45 bits per heavy atom. The molecule has 0 fully saturated rings. The molecular formula is C17H17ClN2O2. The Balaban J connectivity index is 1.85. The highest BCUT2D eigenvalue weighted by Crippen LogP contribution is 2.16. The molecule has 0 radical (unpaired) electrons. The Labute approximate surface area is 134 Å². The Kier molecular flexibility index (Phi) is 5.55. The van der Waals surface area contributed by atoms with Crippen LogP contribution in [0.2, 0.25) is 5.02 Å². The summed E-state index contributed by atoms with van der Waals surface area (Å²) < 4.78 is 5.51. The van der Waals surface area contributed by atoms with Gasteiger partial charge in [-0.1, -0.05) is 41.4 Å². The van der Waals surface area contributed by atoms with E-state index in [9.17, 15) is 4.79 Å². The van der Waals surface area contributed by atoms with E-state index in [0.29, 0.717) is 10.8 Å². The number of carbonyl (C=O) groups is 1. The predicted molar refractivity (Wildman–Crippen MR) is 88.5 cm³/mol. The van der Waals surface area contributed by atoms with E-state index in [2.05, 4.69) is 10.5 Å². The molecular weight excluding hydrogens is 300 g/mol. The fourth-order valence-electron chi connectivity index (χ4n) is 1.68. The van der Waals surface area contributed by atoms with E-state index in [0.717, 1.165) is 5.56 Å². The number of amides is 1. The summed E-state index contributed by atoms with van der Waals surface area (Å²) in [7, 11) is 0. The topological polar surface area (TPSA) is 50.7 Å². The minimum absolute atomic E-state index is 0.321. The van der Waals surface area contributed by atoms with Gasteiger partial charge in [-0.05, 0) is 43.7 Å². The average molecular weight is 317 g/mol. The largest absolute Gasteiger partial charge is 0.481 e. The van der Waals surface area contributed by atoms with Crippen molar-refractivity contribution in [1.29, 1.82) is 0 Å². The second kappa shape index (κ2) is 7.61. The molecule has 5 heteroatoms. The number of benzene rings is 2. The van der Waals surface area contributed by atoms with Gasteiger partial charge in [-0.15, -0.1) is 0 Å². The molecule has 0 saturated carbocycles. The van der Waals surface area contributed by atoms with Crippen LogP contribution in [0.3, 0.4) is 0 Å². The minimum atomic E-state index is -0.656. The van der Waals surface area contributed by atoms with E-state index in [1.165, 1.54) is 5.56 Å². The predicted octanol–water partition coefficient (Wildman–Crippen LogP) is 3.57. The fraction of sp³-hybridized carbons (Fsp3) is 0.176. The third kappa shape index (κ3) is 4.90. The standard InChI is InChI=1S/C17H17ClN2O2/c1-12-3-5-14(6-4-12)11-19-20-17(21)13(2)22-16-9-7-15(18)8-10-16/h3-11,13H,1-2H3,(H,20,21)/b19-11-/t13-/m1/s1. The highest BCUT2D eigenvalue weighted by molar-refractivity contribution is 6.30. The number of carbonyl (C=O) groups excluding carboxylic acids is 1. The Morgan fingerprint density at radius 2 is 1.82 bits per heavy atom. The van der Waals surface area contributed by atoms with Crippen molar-refractivity contribution < 1.29 is 9.53 Å². The van der Waals surface area contributed by atoms with Crippen LogP contribution in [0.4, 0.5) is 0 Å². The third-order valence-electron chi connectivity index (χ3n) is 2.96. The maximum atomic E-state index is 11.9. The molecule has 0 aliphatic heterocycles. The quantitative estimate of drug-likeness (QED) is 0.677. The molecule has 1 N–H and O–H groups in total. The zero-order valence-electron chi connectivity index (χ0n) is 12.4. The molecule has 0 spiro atoms. The molecule has 2 aromatic rings. The number of nitrogens with zero attached hydrogens (tertiary/aromatic N) is 1. The molecule has 1 atom stereocenters. The number of ether oxygens (including phenoxy) is 1. The van der Waals surface area contributed by atoms with Crippen LogP contribution in [0.1, 0.15) is 18.1 Å². The number of hydrazone groups is 1. The highest BCUT2D eigenvalue weighted by Gasteiger charge is 2.13. The van der Waals surface area contributed by atoms with Crippen molar-refractivity contribution in [1.82, 2.24) is 5.43 Å². The van der Waals surface area contributed by atoms with Crippen LogP contribution in [-0.2, 0) is 4.79 Å². The summed E-state index contributed by atoms with van der Waals surface area (Å²) in [6, 6.07) is 14.7. The second-order valence-electron chi connectivity index (χ2n) is 4.86. The van der Waals surface area contributed by atoms with Crippen LogP contribution in [-0.4, -0.2) is 18.2 Å². The van der Waals surface area contributed by atoms with E-state index in [1.807, 2.05) is 31.2 Å². The zero-order chi connectivity index (χ0) is 15.9. The average Bonchev–Trinajstić information content (AvgIpc) is 2.51. The van der Waals surface area contributed by atoms with Gasteiger partial charge >= 0.3 is 0 Å². The van der Waals surface area contributed by atoms with Crippen molar-refractivity contribution in [2.75, 3.05) is 0 Å². The van der Waals surface area contributed by atoms with Crippen LogP contribution in [0.5, 0.6) is 5.75 Å². The molecule has 114 valence electrons. The SMILES string of the molecule is Cc1ccc(/C=N\NC(=O)[C@@H](C)Oc2ccc(Cl)cc2)cc1. The van der Waals surface area contributed by atoms with E-state index >= 15 is 0 Å². The highest BCUT2D eigenvalue weighted by atomic mass is 35.5. The molecule has 1 amide bonds. The number of halogens is 1. The van der Waals surface area contributed by atoms with Crippen LogP contribution in [0.15, 0.2) is 53.6 Å². The van der Waals surface area contributed by atoms with Gasteiger partial charge in [0.05, 0.1) is 6.21 Å².